The van der Waals surface area contributed by atoms with Crippen molar-refractivity contribution in [3.63, 3.8) is 0 Å². The molecule has 0 saturated heterocycles. The quantitative estimate of drug-likeness (QED) is 0.519. The van der Waals surface area contributed by atoms with Crippen LogP contribution in [-0.2, 0) is 20.7 Å². The predicted octanol–water partition coefficient (Wildman–Crippen LogP) is 4.34. The largest absolute Gasteiger partial charge is 0.478 e. The minimum Gasteiger partial charge on any atom is -0.478 e. The number of hydrogen-bond acceptors (Lipinski definition) is 7. The molecular formula is C32H36N4O5. The number of allylic oxidation sites excluding steroid dienone is 1. The number of aromatic nitrogens is 3. The van der Waals surface area contributed by atoms with Crippen LogP contribution in [-0.4, -0.2) is 48.6 Å². The number of fused-ring (bicyclic) bond motifs is 6. The van der Waals surface area contributed by atoms with Crippen molar-refractivity contribution in [2.24, 2.45) is 40.4 Å². The first-order valence-electron chi connectivity index (χ1n) is 14.8. The van der Waals surface area contributed by atoms with Crippen LogP contribution in [0.4, 0.5) is 0 Å². The standard InChI is InChI=1S/C32H36N4O5/c1-30-15-19-17-35-36(26-5-3-4-12-34-26)24(19)14-20(30)8-9-22-23-13-21(10-11-33)32(29(39)40,41-28(38)18-6-7-18)31(23,2)16-25(37)27(22)30/h3-5,12,14,17-18,21-23,25,27,37H,6-10,13,15-16H2,1-2H3,(H,39,40)/t21?,22-,23-,25-,27+,30-,31-,32-/m0/s1. The van der Waals surface area contributed by atoms with Gasteiger partial charge in [-0.05, 0) is 91.9 Å². The third-order valence-electron chi connectivity index (χ3n) is 11.5. The summed E-state index contributed by atoms with van der Waals surface area (Å²) < 4.78 is 7.92. The lowest BCUT2D eigenvalue weighted by Crippen LogP contribution is -2.64. The van der Waals surface area contributed by atoms with Gasteiger partial charge in [0.15, 0.2) is 5.82 Å². The summed E-state index contributed by atoms with van der Waals surface area (Å²) >= 11 is 0. The van der Waals surface area contributed by atoms with Crippen molar-refractivity contribution in [3.8, 4) is 11.9 Å². The molecule has 0 amide bonds. The number of hydrogen-bond donors (Lipinski definition) is 2. The Bertz CT molecular complexity index is 1490. The van der Waals surface area contributed by atoms with Gasteiger partial charge in [-0.25, -0.2) is 14.5 Å². The van der Waals surface area contributed by atoms with Crippen LogP contribution in [0.3, 0.4) is 0 Å². The molecule has 7 rings (SSSR count). The van der Waals surface area contributed by atoms with Gasteiger partial charge in [0, 0.05) is 24.0 Å². The van der Waals surface area contributed by atoms with Crippen molar-refractivity contribution in [2.75, 3.05) is 0 Å². The van der Waals surface area contributed by atoms with E-state index in [9.17, 15) is 25.1 Å². The zero-order valence-corrected chi connectivity index (χ0v) is 23.5. The van der Waals surface area contributed by atoms with Crippen molar-refractivity contribution in [1.29, 1.82) is 5.26 Å². The summed E-state index contributed by atoms with van der Waals surface area (Å²) in [5, 5.41) is 37.1. The number of nitrogens with zero attached hydrogens (tertiary/aromatic N) is 4. The van der Waals surface area contributed by atoms with E-state index in [0.29, 0.717) is 19.3 Å². The van der Waals surface area contributed by atoms with Crippen LogP contribution in [0.15, 0.2) is 36.2 Å². The van der Waals surface area contributed by atoms with Crippen LogP contribution >= 0.6 is 0 Å². The number of carboxylic acid groups (broad SMARTS) is 1. The normalized spacial score (nSPS) is 38.9. The first-order valence-corrected chi connectivity index (χ1v) is 14.8. The molecule has 9 nitrogen and oxygen atoms in total. The van der Waals surface area contributed by atoms with Crippen LogP contribution in [0.25, 0.3) is 11.9 Å². The number of esters is 1. The summed E-state index contributed by atoms with van der Waals surface area (Å²) in [7, 11) is 0. The van der Waals surface area contributed by atoms with Gasteiger partial charge >= 0.3 is 11.9 Å². The molecule has 1 unspecified atom stereocenters. The number of aliphatic hydroxyl groups is 1. The smallest absolute Gasteiger partial charge is 0.349 e. The second-order valence-corrected chi connectivity index (χ2v) is 13.5. The van der Waals surface area contributed by atoms with E-state index in [1.54, 1.807) is 6.20 Å². The first-order chi connectivity index (χ1) is 19.6. The number of aliphatic hydroxyl groups excluding tert-OH is 1. The van der Waals surface area contributed by atoms with Crippen LogP contribution in [0.2, 0.25) is 0 Å². The van der Waals surface area contributed by atoms with Crippen LogP contribution < -0.4 is 0 Å². The lowest BCUT2D eigenvalue weighted by molar-refractivity contribution is -0.217. The number of ether oxygens (including phenoxy) is 1. The molecule has 41 heavy (non-hydrogen) atoms. The van der Waals surface area contributed by atoms with E-state index < -0.39 is 35.0 Å². The Balaban J connectivity index is 1.27. The van der Waals surface area contributed by atoms with Crippen molar-refractivity contribution >= 4 is 18.0 Å². The van der Waals surface area contributed by atoms with Gasteiger partial charge in [0.05, 0.1) is 30.0 Å². The van der Waals surface area contributed by atoms with E-state index in [1.165, 1.54) is 5.57 Å². The number of nitriles is 1. The van der Waals surface area contributed by atoms with Crippen LogP contribution in [0.1, 0.15) is 70.1 Å². The number of carbonyl (C=O) groups is 2. The van der Waals surface area contributed by atoms with E-state index in [1.807, 2.05) is 36.0 Å². The van der Waals surface area contributed by atoms with Gasteiger partial charge in [0.25, 0.3) is 0 Å². The van der Waals surface area contributed by atoms with Gasteiger partial charge < -0.3 is 14.9 Å². The van der Waals surface area contributed by atoms with E-state index in [-0.39, 0.29) is 41.9 Å². The average molecular weight is 557 g/mol. The van der Waals surface area contributed by atoms with Gasteiger partial charge in [-0.15, -0.1) is 0 Å². The molecule has 0 radical (unpaired) electrons. The summed E-state index contributed by atoms with van der Waals surface area (Å²) in [5.41, 5.74) is 0.291. The van der Waals surface area contributed by atoms with Crippen molar-refractivity contribution in [2.45, 2.75) is 76.9 Å². The molecule has 2 aromatic heterocycles. The van der Waals surface area contributed by atoms with E-state index in [4.69, 9.17) is 4.74 Å². The van der Waals surface area contributed by atoms with E-state index >= 15 is 0 Å². The Labute approximate surface area is 239 Å². The monoisotopic (exact) mass is 556 g/mol. The maximum atomic E-state index is 13.2. The first kappa shape index (κ1) is 26.4. The molecule has 0 bridgehead atoms. The molecule has 8 atom stereocenters. The van der Waals surface area contributed by atoms with Crippen molar-refractivity contribution in [3.05, 3.63) is 47.4 Å². The number of carboxylic acids is 1. The minimum absolute atomic E-state index is 0.00229. The van der Waals surface area contributed by atoms with Crippen molar-refractivity contribution < 1.29 is 24.5 Å². The fourth-order valence-corrected chi connectivity index (χ4v) is 9.55. The maximum Gasteiger partial charge on any atom is 0.349 e. The minimum atomic E-state index is -1.82. The zero-order chi connectivity index (χ0) is 28.7. The van der Waals surface area contributed by atoms with Gasteiger partial charge in [-0.2, -0.15) is 10.4 Å². The Hall–Kier alpha value is -3.51. The summed E-state index contributed by atoms with van der Waals surface area (Å²) in [6, 6.07) is 7.94. The third-order valence-corrected chi connectivity index (χ3v) is 11.5. The highest BCUT2D eigenvalue weighted by Gasteiger charge is 2.74. The Morgan fingerprint density at radius 2 is 2.05 bits per heavy atom. The highest BCUT2D eigenvalue weighted by atomic mass is 16.6. The molecule has 4 fully saturated rings. The highest BCUT2D eigenvalue weighted by molar-refractivity contribution is 5.85. The fraction of sp³-hybridized carbons (Fsp3) is 0.594. The second kappa shape index (κ2) is 8.99. The SMILES string of the molecule is C[C@]12Cc3cnn(-c4ccccn4)c3C=C1CC[C@@H]1[C@@H]2[C@@H](O)C[C@@]2(C)[C@H]1CC(CC#N)[C@]2(OC(=O)C1CC1)C(=O)O. The predicted molar refractivity (Wildman–Crippen MR) is 147 cm³/mol. The van der Waals surface area contributed by atoms with Gasteiger partial charge in [-0.3, -0.25) is 4.79 Å². The maximum absolute atomic E-state index is 13.2. The number of carbonyl (C=O) groups excluding carboxylic acids is 1. The summed E-state index contributed by atoms with van der Waals surface area (Å²) in [6.45, 7) is 4.13. The molecule has 2 heterocycles. The number of pyridine rings is 1. The Morgan fingerprint density at radius 1 is 1.24 bits per heavy atom. The number of aliphatic carboxylic acids is 1. The Morgan fingerprint density at radius 3 is 2.73 bits per heavy atom. The molecule has 214 valence electrons. The Kier molecular flexibility index (Phi) is 5.79. The molecule has 0 spiro atoms. The molecule has 4 saturated carbocycles. The lowest BCUT2D eigenvalue weighted by atomic mass is 9.45. The van der Waals surface area contributed by atoms with E-state index in [0.717, 1.165) is 36.3 Å². The molecule has 5 aliphatic carbocycles. The van der Waals surface area contributed by atoms with Crippen LogP contribution in [0, 0.1) is 51.8 Å². The highest BCUT2D eigenvalue weighted by Crippen LogP contribution is 2.70. The molecule has 5 aliphatic rings. The van der Waals surface area contributed by atoms with E-state index in [2.05, 4.69) is 29.2 Å². The molecule has 2 aromatic rings. The van der Waals surface area contributed by atoms with Gasteiger partial charge in [-0.1, -0.05) is 25.5 Å². The summed E-state index contributed by atoms with van der Waals surface area (Å²) in [4.78, 5) is 30.7. The second-order valence-electron chi connectivity index (χ2n) is 13.5. The summed E-state index contributed by atoms with van der Waals surface area (Å²) in [5.74, 6) is -1.91. The topological polar surface area (TPSA) is 138 Å². The molecule has 2 N–H and O–H groups in total. The zero-order valence-electron chi connectivity index (χ0n) is 23.5. The van der Waals surface area contributed by atoms with Gasteiger partial charge in [0.1, 0.15) is 0 Å². The fourth-order valence-electron chi connectivity index (χ4n) is 9.55. The van der Waals surface area contributed by atoms with Crippen LogP contribution in [0.5, 0.6) is 0 Å². The molecule has 0 aromatic carbocycles. The average Bonchev–Trinajstić information content (AvgIpc) is 3.67. The molecule has 9 heteroatoms. The molecule has 0 aliphatic heterocycles. The molecular weight excluding hydrogens is 520 g/mol. The lowest BCUT2D eigenvalue weighted by Gasteiger charge is -2.60. The van der Waals surface area contributed by atoms with Gasteiger partial charge in [0.2, 0.25) is 5.60 Å². The third kappa shape index (κ3) is 3.56. The summed E-state index contributed by atoms with van der Waals surface area (Å²) in [6.07, 6.45) is 9.60. The number of rotatable bonds is 5. The van der Waals surface area contributed by atoms with Crippen molar-refractivity contribution in [1.82, 2.24) is 14.8 Å².